The number of halogens is 2. The Hall–Kier alpha value is -0.580. The lowest BCUT2D eigenvalue weighted by molar-refractivity contribution is -0.118. The number of rotatable bonds is 4. The average Bonchev–Trinajstić information content (AvgIpc) is 2.35. The first-order chi connectivity index (χ1) is 8.65. The van der Waals surface area contributed by atoms with Crippen molar-refractivity contribution in [3.63, 3.8) is 0 Å². The molecule has 1 heterocycles. The van der Waals surface area contributed by atoms with Gasteiger partial charge in [-0.2, -0.15) is 11.8 Å². The SMILES string of the molecule is O=C(Cc1ccc(Cl)c(F)c1)CC1CSCCN1. The van der Waals surface area contributed by atoms with Crippen LogP contribution in [0, 0.1) is 5.82 Å². The maximum atomic E-state index is 13.2. The number of hydrogen-bond acceptors (Lipinski definition) is 3. The molecule has 0 spiro atoms. The quantitative estimate of drug-likeness (QED) is 0.923. The number of carbonyl (C=O) groups is 1. The van der Waals surface area contributed by atoms with Crippen molar-refractivity contribution >= 4 is 29.1 Å². The van der Waals surface area contributed by atoms with Crippen molar-refractivity contribution in [2.45, 2.75) is 18.9 Å². The van der Waals surface area contributed by atoms with Crippen LogP contribution in [0.5, 0.6) is 0 Å². The van der Waals surface area contributed by atoms with E-state index < -0.39 is 5.82 Å². The first-order valence-electron chi connectivity index (χ1n) is 5.92. The molecule has 5 heteroatoms. The molecule has 0 radical (unpaired) electrons. The molecule has 2 rings (SSSR count). The van der Waals surface area contributed by atoms with Gasteiger partial charge in [0.2, 0.25) is 0 Å². The van der Waals surface area contributed by atoms with Crippen molar-refractivity contribution in [3.05, 3.63) is 34.6 Å². The Bertz CT molecular complexity index is 435. The number of nitrogens with one attached hydrogen (secondary N) is 1. The molecule has 1 fully saturated rings. The smallest absolute Gasteiger partial charge is 0.142 e. The molecule has 0 amide bonds. The van der Waals surface area contributed by atoms with Gasteiger partial charge in [0.15, 0.2) is 0 Å². The molecule has 1 saturated heterocycles. The van der Waals surface area contributed by atoms with Crippen molar-refractivity contribution in [1.82, 2.24) is 5.32 Å². The third-order valence-electron chi connectivity index (χ3n) is 2.86. The van der Waals surface area contributed by atoms with Crippen LogP contribution in [0.15, 0.2) is 18.2 Å². The number of carbonyl (C=O) groups excluding carboxylic acids is 1. The Morgan fingerprint density at radius 1 is 1.56 bits per heavy atom. The molecule has 0 bridgehead atoms. The van der Waals surface area contributed by atoms with Crippen molar-refractivity contribution in [3.8, 4) is 0 Å². The van der Waals surface area contributed by atoms with Gasteiger partial charge in [-0.3, -0.25) is 4.79 Å². The predicted octanol–water partition coefficient (Wildman–Crippen LogP) is 2.69. The lowest BCUT2D eigenvalue weighted by Gasteiger charge is -2.22. The van der Waals surface area contributed by atoms with Crippen LogP contribution >= 0.6 is 23.4 Å². The van der Waals surface area contributed by atoms with Gasteiger partial charge in [-0.1, -0.05) is 17.7 Å². The fourth-order valence-electron chi connectivity index (χ4n) is 1.98. The highest BCUT2D eigenvalue weighted by molar-refractivity contribution is 7.99. The van der Waals surface area contributed by atoms with Crippen LogP contribution in [0.1, 0.15) is 12.0 Å². The van der Waals surface area contributed by atoms with Gasteiger partial charge in [0.25, 0.3) is 0 Å². The highest BCUT2D eigenvalue weighted by Crippen LogP contribution is 2.17. The molecule has 1 aromatic rings. The summed E-state index contributed by atoms with van der Waals surface area (Å²) in [6, 6.07) is 4.79. The van der Waals surface area contributed by atoms with E-state index in [1.165, 1.54) is 12.1 Å². The number of thioether (sulfide) groups is 1. The van der Waals surface area contributed by atoms with E-state index in [2.05, 4.69) is 5.32 Å². The van der Waals surface area contributed by atoms with E-state index in [4.69, 9.17) is 11.6 Å². The van der Waals surface area contributed by atoms with Crippen LogP contribution < -0.4 is 5.32 Å². The van der Waals surface area contributed by atoms with Crippen molar-refractivity contribution < 1.29 is 9.18 Å². The fourth-order valence-corrected chi connectivity index (χ4v) is 3.04. The molecular weight excluding hydrogens is 273 g/mol. The number of hydrogen-bond donors (Lipinski definition) is 1. The summed E-state index contributed by atoms with van der Waals surface area (Å²) in [6.07, 6.45) is 0.786. The van der Waals surface area contributed by atoms with E-state index in [9.17, 15) is 9.18 Å². The van der Waals surface area contributed by atoms with Crippen LogP contribution in [-0.4, -0.2) is 29.9 Å². The summed E-state index contributed by atoms with van der Waals surface area (Å²) in [5.74, 6) is 1.75. The Balaban J connectivity index is 1.88. The Labute approximate surface area is 115 Å². The second-order valence-corrected chi connectivity index (χ2v) is 5.95. The molecule has 0 aliphatic carbocycles. The molecule has 18 heavy (non-hydrogen) atoms. The minimum absolute atomic E-state index is 0.0940. The summed E-state index contributed by atoms with van der Waals surface area (Å²) in [4.78, 5) is 11.9. The molecule has 1 N–H and O–H groups in total. The Morgan fingerprint density at radius 2 is 2.39 bits per heavy atom. The van der Waals surface area contributed by atoms with Gasteiger partial charge in [0.05, 0.1) is 5.02 Å². The normalized spacial score (nSPS) is 19.8. The zero-order valence-corrected chi connectivity index (χ0v) is 11.5. The Kier molecular flexibility index (Phi) is 5.03. The van der Waals surface area contributed by atoms with Crippen LogP contribution in [0.25, 0.3) is 0 Å². The molecule has 1 aliphatic rings. The van der Waals surface area contributed by atoms with Crippen LogP contribution in [0.3, 0.4) is 0 Å². The zero-order chi connectivity index (χ0) is 13.0. The zero-order valence-electron chi connectivity index (χ0n) is 9.92. The van der Waals surface area contributed by atoms with Crippen molar-refractivity contribution in [2.75, 3.05) is 18.1 Å². The summed E-state index contributed by atoms with van der Waals surface area (Å²) in [5.41, 5.74) is 0.686. The third-order valence-corrected chi connectivity index (χ3v) is 4.30. The molecule has 0 saturated carbocycles. The molecular formula is C13H15ClFNOS. The maximum absolute atomic E-state index is 13.2. The average molecular weight is 288 g/mol. The standard InChI is InChI=1S/C13H15ClFNOS/c14-12-2-1-9(6-13(12)15)5-11(17)7-10-8-18-4-3-16-10/h1-2,6,10,16H,3-5,7-8H2. The van der Waals surface area contributed by atoms with Gasteiger partial charge in [-0.25, -0.2) is 4.39 Å². The van der Waals surface area contributed by atoms with Gasteiger partial charge >= 0.3 is 0 Å². The molecule has 2 nitrogen and oxygen atoms in total. The Morgan fingerprint density at radius 3 is 3.06 bits per heavy atom. The topological polar surface area (TPSA) is 29.1 Å². The second-order valence-electron chi connectivity index (χ2n) is 4.39. The molecule has 1 aromatic carbocycles. The summed E-state index contributed by atoms with van der Waals surface area (Å²) >= 11 is 7.46. The lowest BCUT2D eigenvalue weighted by Crippen LogP contribution is -2.39. The van der Waals surface area contributed by atoms with E-state index in [0.29, 0.717) is 12.0 Å². The summed E-state index contributed by atoms with van der Waals surface area (Å²) in [6.45, 7) is 0.957. The van der Waals surface area contributed by atoms with Gasteiger partial charge in [0, 0.05) is 36.9 Å². The second kappa shape index (κ2) is 6.55. The van der Waals surface area contributed by atoms with Crippen LogP contribution in [0.2, 0.25) is 5.02 Å². The fraction of sp³-hybridized carbons (Fsp3) is 0.462. The van der Waals surface area contributed by atoms with Gasteiger partial charge < -0.3 is 5.32 Å². The van der Waals surface area contributed by atoms with Crippen LogP contribution in [-0.2, 0) is 11.2 Å². The van der Waals surface area contributed by atoms with E-state index in [1.54, 1.807) is 6.07 Å². The van der Waals surface area contributed by atoms with Gasteiger partial charge in [-0.05, 0) is 17.7 Å². The number of ketones is 1. The highest BCUT2D eigenvalue weighted by Gasteiger charge is 2.17. The molecule has 1 atom stereocenters. The van der Waals surface area contributed by atoms with E-state index in [-0.39, 0.29) is 23.3 Å². The first kappa shape index (κ1) is 13.8. The summed E-state index contributed by atoms with van der Waals surface area (Å²) in [7, 11) is 0. The maximum Gasteiger partial charge on any atom is 0.142 e. The monoisotopic (exact) mass is 287 g/mol. The highest BCUT2D eigenvalue weighted by atomic mass is 35.5. The first-order valence-corrected chi connectivity index (χ1v) is 7.45. The van der Waals surface area contributed by atoms with Gasteiger partial charge in [0.1, 0.15) is 11.6 Å². The number of Topliss-reactive ketones (excluding diaryl/α,β-unsaturated/α-hetero) is 1. The summed E-state index contributed by atoms with van der Waals surface area (Å²) in [5, 5.41) is 3.41. The summed E-state index contributed by atoms with van der Waals surface area (Å²) < 4.78 is 13.2. The minimum atomic E-state index is -0.465. The van der Waals surface area contributed by atoms with Crippen LogP contribution in [0.4, 0.5) is 4.39 Å². The van der Waals surface area contributed by atoms with E-state index >= 15 is 0 Å². The lowest BCUT2D eigenvalue weighted by atomic mass is 10.0. The molecule has 1 aliphatic heterocycles. The molecule has 0 aromatic heterocycles. The molecule has 1 unspecified atom stereocenters. The molecule has 98 valence electrons. The van der Waals surface area contributed by atoms with Crippen molar-refractivity contribution in [2.24, 2.45) is 0 Å². The van der Waals surface area contributed by atoms with E-state index in [1.807, 2.05) is 11.8 Å². The van der Waals surface area contributed by atoms with Gasteiger partial charge in [-0.15, -0.1) is 0 Å². The van der Waals surface area contributed by atoms with E-state index in [0.717, 1.165) is 18.1 Å². The minimum Gasteiger partial charge on any atom is -0.312 e. The predicted molar refractivity (Wildman–Crippen MR) is 73.9 cm³/mol. The van der Waals surface area contributed by atoms with Crippen molar-refractivity contribution in [1.29, 1.82) is 0 Å². The largest absolute Gasteiger partial charge is 0.312 e. The third kappa shape index (κ3) is 3.97. The number of benzene rings is 1.